The Hall–Kier alpha value is -2.44. The number of aliphatic imine (C=N–C) groups is 1. The molecule has 1 aliphatic rings. The molecule has 0 saturated heterocycles. The normalized spacial score (nSPS) is 14.0. The second-order valence-electron chi connectivity index (χ2n) is 6.22. The van der Waals surface area contributed by atoms with E-state index in [9.17, 15) is 8.42 Å². The number of nitrogens with one attached hydrogen (secondary N) is 1. The lowest BCUT2D eigenvalue weighted by atomic mass is 10.0. The van der Waals surface area contributed by atoms with Crippen LogP contribution in [-0.4, -0.2) is 32.0 Å². The first kappa shape index (κ1) is 17.0. The van der Waals surface area contributed by atoms with Crippen LogP contribution in [0.5, 0.6) is 0 Å². The molecule has 0 spiro atoms. The number of hydrogen-bond donors (Lipinski definition) is 1. The molecule has 7 heteroatoms. The van der Waals surface area contributed by atoms with Gasteiger partial charge in [-0.15, -0.1) is 0 Å². The van der Waals surface area contributed by atoms with Gasteiger partial charge >= 0.3 is 0 Å². The van der Waals surface area contributed by atoms with Gasteiger partial charge in [-0.2, -0.15) is 0 Å². The van der Waals surface area contributed by atoms with Crippen molar-refractivity contribution in [3.05, 3.63) is 64.8 Å². The van der Waals surface area contributed by atoms with Crippen molar-refractivity contribution in [3.63, 3.8) is 0 Å². The number of hydrogen-bond acceptors (Lipinski definition) is 5. The van der Waals surface area contributed by atoms with E-state index in [4.69, 9.17) is 11.6 Å². The molecule has 0 aliphatic carbocycles. The predicted octanol–water partition coefficient (Wildman–Crippen LogP) is 3.71. The van der Waals surface area contributed by atoms with Crippen LogP contribution in [0.25, 0.3) is 10.9 Å². The van der Waals surface area contributed by atoms with Crippen LogP contribution in [0, 0.1) is 0 Å². The number of benzene rings is 2. The van der Waals surface area contributed by atoms with Crippen LogP contribution in [0.2, 0.25) is 5.02 Å². The molecule has 132 valence electrons. The van der Waals surface area contributed by atoms with Gasteiger partial charge in [0.15, 0.2) is 9.84 Å². The second-order valence-corrected chi connectivity index (χ2v) is 8.67. The first-order chi connectivity index (χ1) is 12.4. The van der Waals surface area contributed by atoms with Crippen molar-refractivity contribution in [2.24, 2.45) is 4.99 Å². The van der Waals surface area contributed by atoms with Crippen molar-refractivity contribution >= 4 is 43.9 Å². The molecular formula is C19H16ClN3O2S. The Kier molecular flexibility index (Phi) is 4.17. The minimum Gasteiger partial charge on any atom is -0.339 e. The highest BCUT2D eigenvalue weighted by atomic mass is 35.5. The smallest absolute Gasteiger partial charge is 0.175 e. The van der Waals surface area contributed by atoms with E-state index in [0.29, 0.717) is 11.6 Å². The van der Waals surface area contributed by atoms with Crippen LogP contribution in [0.4, 0.5) is 5.69 Å². The number of pyridine rings is 1. The third-order valence-electron chi connectivity index (χ3n) is 4.37. The fourth-order valence-electron chi connectivity index (χ4n) is 3.07. The van der Waals surface area contributed by atoms with Gasteiger partial charge in [-0.05, 0) is 54.4 Å². The van der Waals surface area contributed by atoms with E-state index in [-0.39, 0.29) is 4.90 Å². The Morgan fingerprint density at radius 3 is 2.77 bits per heavy atom. The number of rotatable bonds is 2. The van der Waals surface area contributed by atoms with Gasteiger partial charge in [-0.3, -0.25) is 9.98 Å². The lowest BCUT2D eigenvalue weighted by Crippen LogP contribution is -2.21. The lowest BCUT2D eigenvalue weighted by molar-refractivity contribution is 0.602. The average Bonchev–Trinajstić information content (AvgIpc) is 2.61. The number of fused-ring (bicyclic) bond motifs is 2. The third-order valence-corrected chi connectivity index (χ3v) is 5.71. The summed E-state index contributed by atoms with van der Waals surface area (Å²) in [4.78, 5) is 9.18. The number of nitrogens with zero attached hydrogens (tertiary/aromatic N) is 2. The van der Waals surface area contributed by atoms with Crippen LogP contribution in [0.15, 0.2) is 58.5 Å². The van der Waals surface area contributed by atoms with E-state index < -0.39 is 9.84 Å². The highest BCUT2D eigenvalue weighted by Crippen LogP contribution is 2.27. The van der Waals surface area contributed by atoms with Gasteiger partial charge < -0.3 is 5.32 Å². The highest BCUT2D eigenvalue weighted by Gasteiger charge is 2.16. The third kappa shape index (κ3) is 3.18. The van der Waals surface area contributed by atoms with Gasteiger partial charge in [0.05, 0.1) is 16.1 Å². The van der Waals surface area contributed by atoms with Gasteiger partial charge in [0.25, 0.3) is 0 Å². The summed E-state index contributed by atoms with van der Waals surface area (Å²) in [5, 5.41) is 4.79. The van der Waals surface area contributed by atoms with E-state index >= 15 is 0 Å². The standard InChI is InChI=1S/C19H16ClN3O2S/c1-26(24,25)14-3-5-17-16(11-14)18(7-9-21-17)23-19-15-4-2-13(20)10-12(15)6-8-22-19/h2-5,7,9-11H,6,8H2,1H3,(H,21,22,23). The zero-order valence-corrected chi connectivity index (χ0v) is 15.6. The summed E-state index contributed by atoms with van der Waals surface area (Å²) in [6.45, 7) is 0.674. The molecule has 0 saturated carbocycles. The number of anilines is 1. The fraction of sp³-hybridized carbons (Fsp3) is 0.158. The Morgan fingerprint density at radius 2 is 1.96 bits per heavy atom. The van der Waals surface area contributed by atoms with Crippen molar-refractivity contribution in [1.29, 1.82) is 0 Å². The summed E-state index contributed by atoms with van der Waals surface area (Å²) in [5.41, 5.74) is 3.63. The molecule has 26 heavy (non-hydrogen) atoms. The zero-order chi connectivity index (χ0) is 18.3. The fourth-order valence-corrected chi connectivity index (χ4v) is 3.91. The van der Waals surface area contributed by atoms with Crippen LogP contribution in [-0.2, 0) is 16.3 Å². The van der Waals surface area contributed by atoms with Gasteiger partial charge in [-0.1, -0.05) is 11.6 Å². The maximum absolute atomic E-state index is 11.9. The van der Waals surface area contributed by atoms with Gasteiger partial charge in [0.1, 0.15) is 5.84 Å². The molecule has 0 unspecified atom stereocenters. The summed E-state index contributed by atoms with van der Waals surface area (Å²) in [6, 6.07) is 12.5. The number of halogens is 1. The maximum Gasteiger partial charge on any atom is 0.175 e. The summed E-state index contributed by atoms with van der Waals surface area (Å²) in [6.07, 6.45) is 3.73. The largest absolute Gasteiger partial charge is 0.339 e. The molecule has 3 aromatic rings. The Bertz CT molecular complexity index is 1160. The molecule has 1 N–H and O–H groups in total. The molecule has 0 atom stereocenters. The molecule has 0 amide bonds. The molecule has 0 fully saturated rings. The van der Waals surface area contributed by atoms with E-state index in [0.717, 1.165) is 40.0 Å². The first-order valence-corrected chi connectivity index (χ1v) is 10.4. The molecular weight excluding hydrogens is 370 g/mol. The van der Waals surface area contributed by atoms with Gasteiger partial charge in [-0.25, -0.2) is 8.42 Å². The summed E-state index contributed by atoms with van der Waals surface area (Å²) < 4.78 is 23.8. The summed E-state index contributed by atoms with van der Waals surface area (Å²) in [5.74, 6) is 0.750. The lowest BCUT2D eigenvalue weighted by Gasteiger charge is -2.19. The van der Waals surface area contributed by atoms with Gasteiger partial charge in [0, 0.05) is 35.0 Å². The van der Waals surface area contributed by atoms with Crippen LogP contribution < -0.4 is 5.32 Å². The Balaban J connectivity index is 1.80. The topological polar surface area (TPSA) is 71.4 Å². The molecule has 0 radical (unpaired) electrons. The van der Waals surface area contributed by atoms with Crippen molar-refractivity contribution in [2.75, 3.05) is 18.1 Å². The maximum atomic E-state index is 11.9. The quantitative estimate of drug-likeness (QED) is 0.730. The Labute approximate surface area is 156 Å². The number of amidine groups is 1. The van der Waals surface area contributed by atoms with Crippen molar-refractivity contribution in [1.82, 2.24) is 4.98 Å². The van der Waals surface area contributed by atoms with E-state index in [2.05, 4.69) is 15.3 Å². The van der Waals surface area contributed by atoms with Crippen LogP contribution in [0.1, 0.15) is 11.1 Å². The number of sulfone groups is 1. The average molecular weight is 386 g/mol. The predicted molar refractivity (Wildman–Crippen MR) is 105 cm³/mol. The molecule has 1 aromatic heterocycles. The minimum absolute atomic E-state index is 0.263. The van der Waals surface area contributed by atoms with Crippen molar-refractivity contribution in [2.45, 2.75) is 11.3 Å². The second kappa shape index (κ2) is 6.37. The van der Waals surface area contributed by atoms with Crippen LogP contribution in [0.3, 0.4) is 0 Å². The molecule has 5 nitrogen and oxygen atoms in total. The SMILES string of the molecule is CS(=O)(=O)c1ccc2nccc(NC3=NCCc4cc(Cl)ccc43)c2c1. The monoisotopic (exact) mass is 385 g/mol. The van der Waals surface area contributed by atoms with E-state index in [1.165, 1.54) is 6.26 Å². The van der Waals surface area contributed by atoms with Crippen molar-refractivity contribution in [3.8, 4) is 0 Å². The molecule has 0 bridgehead atoms. The van der Waals surface area contributed by atoms with E-state index in [1.807, 2.05) is 24.3 Å². The Morgan fingerprint density at radius 1 is 1.12 bits per heavy atom. The van der Waals surface area contributed by atoms with Gasteiger partial charge in [0.2, 0.25) is 0 Å². The minimum atomic E-state index is -3.30. The van der Waals surface area contributed by atoms with Crippen molar-refractivity contribution < 1.29 is 8.42 Å². The number of aromatic nitrogens is 1. The van der Waals surface area contributed by atoms with Crippen LogP contribution >= 0.6 is 11.6 Å². The summed E-state index contributed by atoms with van der Waals surface area (Å²) >= 11 is 6.10. The molecule has 1 aliphatic heterocycles. The molecule has 2 heterocycles. The first-order valence-electron chi connectivity index (χ1n) is 8.11. The highest BCUT2D eigenvalue weighted by molar-refractivity contribution is 7.90. The zero-order valence-electron chi connectivity index (χ0n) is 14.0. The molecule has 2 aromatic carbocycles. The summed E-state index contributed by atoms with van der Waals surface area (Å²) in [7, 11) is -3.30. The van der Waals surface area contributed by atoms with E-state index in [1.54, 1.807) is 24.4 Å². The molecule has 4 rings (SSSR count).